The molecule has 0 N–H and O–H groups in total. The molecule has 2 heterocycles. The van der Waals surface area contributed by atoms with Crippen molar-refractivity contribution in [2.24, 2.45) is 22.2 Å². The van der Waals surface area contributed by atoms with Crippen molar-refractivity contribution in [1.29, 1.82) is 5.26 Å². The second-order valence-corrected chi connectivity index (χ2v) is 11.6. The highest BCUT2D eigenvalue weighted by molar-refractivity contribution is 7.16. The van der Waals surface area contributed by atoms with E-state index in [1.807, 2.05) is 6.07 Å². The zero-order valence-corrected chi connectivity index (χ0v) is 20.7. The Labute approximate surface area is 200 Å². The van der Waals surface area contributed by atoms with Gasteiger partial charge < -0.3 is 4.90 Å². The second-order valence-electron chi connectivity index (χ2n) is 10.5. The molecule has 1 aromatic carbocycles. The number of piperidine rings is 1. The zero-order valence-electron chi connectivity index (χ0n) is 19.9. The van der Waals surface area contributed by atoms with Gasteiger partial charge in [-0.15, -0.1) is 11.3 Å². The Balaban J connectivity index is 1.68. The first-order valence-corrected chi connectivity index (χ1v) is 12.6. The van der Waals surface area contributed by atoms with Crippen LogP contribution in [0.3, 0.4) is 0 Å². The molecule has 6 nitrogen and oxygen atoms in total. The topological polar surface area (TPSA) is 82.5 Å². The first-order chi connectivity index (χ1) is 15.7. The number of anilines is 1. The number of nitro benzene ring substituents is 1. The lowest BCUT2D eigenvalue weighted by Crippen LogP contribution is -2.33. The SMILES string of the molecule is CC1CCN(c2ccc([N+](=O)[O-])cc2C=Nc2sc3c(c2C#N)CC[C@H](C(C)(C)C)C3)CC1. The molecule has 1 aliphatic heterocycles. The van der Waals surface area contributed by atoms with E-state index in [9.17, 15) is 15.4 Å². The van der Waals surface area contributed by atoms with E-state index in [0.29, 0.717) is 17.4 Å². The number of aliphatic imine (C=N–C) groups is 1. The van der Waals surface area contributed by atoms with Gasteiger partial charge in [-0.2, -0.15) is 5.26 Å². The number of nitrogens with zero attached hydrogens (tertiary/aromatic N) is 4. The van der Waals surface area contributed by atoms with E-state index in [4.69, 9.17) is 4.99 Å². The highest BCUT2D eigenvalue weighted by Crippen LogP contribution is 2.45. The first kappa shape index (κ1) is 23.4. The highest BCUT2D eigenvalue weighted by atomic mass is 32.1. The third kappa shape index (κ3) is 4.96. The minimum absolute atomic E-state index is 0.0598. The molecule has 0 radical (unpaired) electrons. The fraction of sp³-hybridized carbons (Fsp3) is 0.538. The van der Waals surface area contributed by atoms with Crippen LogP contribution in [0.1, 0.15) is 68.5 Å². The number of nitriles is 1. The minimum atomic E-state index is -0.364. The third-order valence-corrected chi connectivity index (χ3v) is 8.41. The van der Waals surface area contributed by atoms with Crippen LogP contribution in [-0.4, -0.2) is 24.2 Å². The molecule has 1 atom stereocenters. The number of rotatable bonds is 4. The molecule has 1 aromatic heterocycles. The van der Waals surface area contributed by atoms with E-state index in [1.165, 1.54) is 4.88 Å². The predicted octanol–water partition coefficient (Wildman–Crippen LogP) is 6.67. The van der Waals surface area contributed by atoms with E-state index in [-0.39, 0.29) is 16.0 Å². The Hall–Kier alpha value is -2.72. The summed E-state index contributed by atoms with van der Waals surface area (Å²) in [6, 6.07) is 7.40. The van der Waals surface area contributed by atoms with Crippen LogP contribution in [0.2, 0.25) is 0 Å². The number of nitro groups is 1. The summed E-state index contributed by atoms with van der Waals surface area (Å²) < 4.78 is 0. The molecular formula is C26H32N4O2S. The summed E-state index contributed by atoms with van der Waals surface area (Å²) in [5, 5.41) is 22.0. The van der Waals surface area contributed by atoms with Gasteiger partial charge in [0.2, 0.25) is 0 Å². The molecule has 33 heavy (non-hydrogen) atoms. The summed E-state index contributed by atoms with van der Waals surface area (Å²) in [5.41, 5.74) is 3.84. The fourth-order valence-electron chi connectivity index (χ4n) is 4.94. The smallest absolute Gasteiger partial charge is 0.270 e. The Morgan fingerprint density at radius 1 is 1.27 bits per heavy atom. The molecule has 7 heteroatoms. The van der Waals surface area contributed by atoms with Crippen LogP contribution in [0.25, 0.3) is 0 Å². The highest BCUT2D eigenvalue weighted by Gasteiger charge is 2.32. The van der Waals surface area contributed by atoms with Crippen molar-refractivity contribution in [3.05, 3.63) is 49.9 Å². The standard InChI is InChI=1S/C26H32N4O2S/c1-17-9-11-29(12-10-17)23-8-6-20(30(31)32)13-18(23)16-28-25-22(15-27)21-7-5-19(26(2,3)4)14-24(21)33-25/h6,8,13,16-17,19H,5,7,9-12,14H2,1-4H3/t19-/m0/s1. The van der Waals surface area contributed by atoms with Gasteiger partial charge in [-0.3, -0.25) is 10.1 Å². The van der Waals surface area contributed by atoms with Crippen LogP contribution < -0.4 is 4.90 Å². The second kappa shape index (κ2) is 9.26. The largest absolute Gasteiger partial charge is 0.371 e. The summed E-state index contributed by atoms with van der Waals surface area (Å²) in [4.78, 5) is 19.3. The minimum Gasteiger partial charge on any atom is -0.371 e. The number of thiophene rings is 1. The van der Waals surface area contributed by atoms with Crippen LogP contribution in [0.15, 0.2) is 23.2 Å². The first-order valence-electron chi connectivity index (χ1n) is 11.8. The molecule has 1 fully saturated rings. The number of benzene rings is 1. The Kier molecular flexibility index (Phi) is 6.58. The summed E-state index contributed by atoms with van der Waals surface area (Å²) >= 11 is 1.61. The van der Waals surface area contributed by atoms with E-state index in [1.54, 1.807) is 29.7 Å². The van der Waals surface area contributed by atoms with E-state index >= 15 is 0 Å². The van der Waals surface area contributed by atoms with Crippen LogP contribution in [-0.2, 0) is 12.8 Å². The molecular weight excluding hydrogens is 432 g/mol. The van der Waals surface area contributed by atoms with Crippen LogP contribution in [0.4, 0.5) is 16.4 Å². The normalized spacial score (nSPS) is 19.5. The molecule has 0 saturated carbocycles. The molecule has 0 bridgehead atoms. The number of non-ortho nitro benzene ring substituents is 1. The van der Waals surface area contributed by atoms with Gasteiger partial charge in [-0.25, -0.2) is 4.99 Å². The van der Waals surface area contributed by atoms with Gasteiger partial charge in [0.1, 0.15) is 11.1 Å². The Morgan fingerprint density at radius 3 is 2.64 bits per heavy atom. The lowest BCUT2D eigenvalue weighted by Gasteiger charge is -2.33. The van der Waals surface area contributed by atoms with Crippen molar-refractivity contribution in [1.82, 2.24) is 0 Å². The maximum atomic E-state index is 11.4. The maximum Gasteiger partial charge on any atom is 0.270 e. The lowest BCUT2D eigenvalue weighted by molar-refractivity contribution is -0.384. The molecule has 4 rings (SSSR count). The van der Waals surface area contributed by atoms with Gasteiger partial charge in [0.05, 0.1) is 10.5 Å². The maximum absolute atomic E-state index is 11.4. The van der Waals surface area contributed by atoms with E-state index in [2.05, 4.69) is 38.7 Å². The monoisotopic (exact) mass is 464 g/mol. The molecule has 0 spiro atoms. The number of hydrogen-bond acceptors (Lipinski definition) is 6. The van der Waals surface area contributed by atoms with Crippen molar-refractivity contribution in [2.75, 3.05) is 18.0 Å². The number of hydrogen-bond donors (Lipinski definition) is 0. The summed E-state index contributed by atoms with van der Waals surface area (Å²) in [7, 11) is 0. The van der Waals surface area contributed by atoms with Gasteiger partial charge >= 0.3 is 0 Å². The molecule has 2 aliphatic rings. The van der Waals surface area contributed by atoms with Crippen LogP contribution in [0.5, 0.6) is 0 Å². The summed E-state index contributed by atoms with van der Waals surface area (Å²) in [6.45, 7) is 11.0. The zero-order chi connectivity index (χ0) is 23.8. The van der Waals surface area contributed by atoms with Crippen LogP contribution >= 0.6 is 11.3 Å². The predicted molar refractivity (Wildman–Crippen MR) is 135 cm³/mol. The molecule has 1 aliphatic carbocycles. The Morgan fingerprint density at radius 2 is 2.00 bits per heavy atom. The van der Waals surface area contributed by atoms with Crippen molar-refractivity contribution in [3.8, 4) is 6.07 Å². The molecule has 1 saturated heterocycles. The van der Waals surface area contributed by atoms with Crippen molar-refractivity contribution in [3.63, 3.8) is 0 Å². The van der Waals surface area contributed by atoms with Gasteiger partial charge in [0.15, 0.2) is 0 Å². The van der Waals surface area contributed by atoms with Crippen LogP contribution in [0, 0.1) is 38.7 Å². The summed E-state index contributed by atoms with van der Waals surface area (Å²) in [6.07, 6.45) is 6.94. The van der Waals surface area contributed by atoms with Gasteiger partial charge in [0, 0.05) is 47.6 Å². The lowest BCUT2D eigenvalue weighted by atomic mass is 9.72. The van der Waals surface area contributed by atoms with Crippen molar-refractivity contribution in [2.45, 2.75) is 59.8 Å². The Bertz CT molecular complexity index is 1110. The summed E-state index contributed by atoms with van der Waals surface area (Å²) in [5.74, 6) is 1.29. The number of fused-ring (bicyclic) bond motifs is 1. The van der Waals surface area contributed by atoms with Gasteiger partial charge in [-0.05, 0) is 61.0 Å². The van der Waals surface area contributed by atoms with Gasteiger partial charge in [-0.1, -0.05) is 27.7 Å². The van der Waals surface area contributed by atoms with E-state index in [0.717, 1.165) is 67.0 Å². The molecule has 0 unspecified atom stereocenters. The third-order valence-electron chi connectivity index (χ3n) is 7.25. The molecule has 174 valence electrons. The average Bonchev–Trinajstić information content (AvgIpc) is 3.14. The average molecular weight is 465 g/mol. The van der Waals surface area contributed by atoms with Crippen molar-refractivity contribution < 1.29 is 4.92 Å². The van der Waals surface area contributed by atoms with Crippen molar-refractivity contribution >= 4 is 33.9 Å². The van der Waals surface area contributed by atoms with Gasteiger partial charge in [0.25, 0.3) is 5.69 Å². The quantitative estimate of drug-likeness (QED) is 0.287. The fourth-order valence-corrected chi connectivity index (χ4v) is 6.16. The van der Waals surface area contributed by atoms with E-state index < -0.39 is 0 Å². The molecule has 2 aromatic rings. The molecule has 0 amide bonds.